The van der Waals surface area contributed by atoms with Gasteiger partial charge in [-0.15, -0.1) is 0 Å². The number of nitrogens with one attached hydrogen (secondary N) is 1. The molecule has 2 aromatic carbocycles. The second kappa shape index (κ2) is 6.76. The highest BCUT2D eigenvalue weighted by atomic mass is 32.2. The van der Waals surface area contributed by atoms with E-state index in [0.717, 1.165) is 56.2 Å². The molecule has 1 N–H and O–H groups in total. The molecule has 7 heteroatoms. The van der Waals surface area contributed by atoms with E-state index in [2.05, 4.69) is 9.62 Å². The van der Waals surface area contributed by atoms with Crippen LogP contribution in [0.1, 0.15) is 19.3 Å². The van der Waals surface area contributed by atoms with Crippen LogP contribution >= 0.6 is 0 Å². The molecular weight excluding hydrogens is 334 g/mol. The molecule has 0 spiro atoms. The molecule has 0 atom stereocenters. The van der Waals surface area contributed by atoms with Crippen molar-refractivity contribution in [1.82, 2.24) is 0 Å². The molecule has 3 rings (SSSR count). The van der Waals surface area contributed by atoms with E-state index >= 15 is 0 Å². The van der Waals surface area contributed by atoms with Crippen molar-refractivity contribution in [2.75, 3.05) is 22.7 Å². The van der Waals surface area contributed by atoms with Crippen molar-refractivity contribution in [1.29, 1.82) is 0 Å². The fourth-order valence-electron chi connectivity index (χ4n) is 2.91. The molecule has 2 aromatic rings. The Hall–Kier alpha value is -2.15. The molecule has 4 nitrogen and oxygen atoms in total. The van der Waals surface area contributed by atoms with Crippen LogP contribution in [-0.4, -0.2) is 21.5 Å². The topological polar surface area (TPSA) is 49.4 Å². The number of benzene rings is 2. The molecule has 24 heavy (non-hydrogen) atoms. The molecule has 1 fully saturated rings. The first-order valence-electron chi connectivity index (χ1n) is 7.80. The molecule has 1 aliphatic rings. The first-order chi connectivity index (χ1) is 11.5. The van der Waals surface area contributed by atoms with Gasteiger partial charge in [0.15, 0.2) is 4.90 Å². The van der Waals surface area contributed by atoms with Gasteiger partial charge >= 0.3 is 0 Å². The minimum Gasteiger partial charge on any atom is -0.370 e. The maximum absolute atomic E-state index is 13.8. The van der Waals surface area contributed by atoms with Gasteiger partial charge in [0.1, 0.15) is 11.6 Å². The van der Waals surface area contributed by atoms with E-state index in [1.807, 2.05) is 6.07 Å². The Kier molecular flexibility index (Phi) is 4.71. The smallest absolute Gasteiger partial charge is 0.267 e. The van der Waals surface area contributed by atoms with Crippen LogP contribution in [0.2, 0.25) is 0 Å². The normalized spacial score (nSPS) is 15.3. The SMILES string of the molecule is O=S(=O)(Nc1ccccc1N1CCCCC1)c1c(F)cccc1F. The summed E-state index contributed by atoms with van der Waals surface area (Å²) < 4.78 is 54.9. The Morgan fingerprint density at radius 1 is 0.875 bits per heavy atom. The maximum atomic E-state index is 13.8. The molecular formula is C17H18F2N2O2S. The molecule has 0 aromatic heterocycles. The highest BCUT2D eigenvalue weighted by molar-refractivity contribution is 7.92. The molecule has 128 valence electrons. The monoisotopic (exact) mass is 352 g/mol. The zero-order valence-electron chi connectivity index (χ0n) is 13.0. The lowest BCUT2D eigenvalue weighted by Crippen LogP contribution is -2.30. The lowest BCUT2D eigenvalue weighted by molar-refractivity contribution is 0.521. The van der Waals surface area contributed by atoms with E-state index in [0.29, 0.717) is 5.69 Å². The maximum Gasteiger partial charge on any atom is 0.267 e. The van der Waals surface area contributed by atoms with Crippen LogP contribution in [0, 0.1) is 11.6 Å². The number of halogens is 2. The molecule has 0 unspecified atom stereocenters. The Balaban J connectivity index is 1.96. The molecule has 0 saturated carbocycles. The molecule has 1 heterocycles. The van der Waals surface area contributed by atoms with Crippen molar-refractivity contribution in [3.8, 4) is 0 Å². The van der Waals surface area contributed by atoms with E-state index in [4.69, 9.17) is 0 Å². The third kappa shape index (κ3) is 3.36. The summed E-state index contributed by atoms with van der Waals surface area (Å²) in [5.74, 6) is -2.23. The van der Waals surface area contributed by atoms with E-state index in [1.54, 1.807) is 18.2 Å². The lowest BCUT2D eigenvalue weighted by Gasteiger charge is -2.30. The number of hydrogen-bond acceptors (Lipinski definition) is 3. The number of para-hydroxylation sites is 2. The quantitative estimate of drug-likeness (QED) is 0.912. The standard InChI is InChI=1S/C17H18F2N2O2S/c18-13-7-6-8-14(19)17(13)24(22,23)20-15-9-2-3-10-16(15)21-11-4-1-5-12-21/h2-3,6-10,20H,1,4-5,11-12H2. The predicted octanol–water partition coefficient (Wildman–Crippen LogP) is 3.76. The number of anilines is 2. The summed E-state index contributed by atoms with van der Waals surface area (Å²) in [6, 6.07) is 9.88. The number of piperidine rings is 1. The molecule has 0 amide bonds. The van der Waals surface area contributed by atoms with Crippen molar-refractivity contribution in [2.45, 2.75) is 24.2 Å². The lowest BCUT2D eigenvalue weighted by atomic mass is 10.1. The summed E-state index contributed by atoms with van der Waals surface area (Å²) in [6.07, 6.45) is 3.21. The van der Waals surface area contributed by atoms with Gasteiger partial charge in [0.25, 0.3) is 10.0 Å². The third-order valence-electron chi connectivity index (χ3n) is 4.03. The van der Waals surface area contributed by atoms with Gasteiger partial charge in [-0.25, -0.2) is 17.2 Å². The second-order valence-electron chi connectivity index (χ2n) is 5.72. The predicted molar refractivity (Wildman–Crippen MR) is 89.7 cm³/mol. The van der Waals surface area contributed by atoms with E-state index in [-0.39, 0.29) is 0 Å². The van der Waals surface area contributed by atoms with E-state index in [9.17, 15) is 17.2 Å². The number of nitrogens with zero attached hydrogens (tertiary/aromatic N) is 1. The van der Waals surface area contributed by atoms with E-state index in [1.165, 1.54) is 0 Å². The van der Waals surface area contributed by atoms with Crippen LogP contribution in [0.3, 0.4) is 0 Å². The molecule has 1 saturated heterocycles. The van der Waals surface area contributed by atoms with Gasteiger partial charge in [0.2, 0.25) is 0 Å². The summed E-state index contributed by atoms with van der Waals surface area (Å²) in [4.78, 5) is 1.12. The highest BCUT2D eigenvalue weighted by Crippen LogP contribution is 2.31. The van der Waals surface area contributed by atoms with Crippen LogP contribution in [0.4, 0.5) is 20.2 Å². The molecule has 0 aliphatic carbocycles. The van der Waals surface area contributed by atoms with Crippen molar-refractivity contribution in [3.05, 3.63) is 54.1 Å². The average Bonchev–Trinajstić information content (AvgIpc) is 2.55. The summed E-state index contributed by atoms with van der Waals surface area (Å²) in [6.45, 7) is 1.65. The zero-order valence-corrected chi connectivity index (χ0v) is 13.8. The molecule has 0 bridgehead atoms. The van der Waals surface area contributed by atoms with Crippen molar-refractivity contribution in [3.63, 3.8) is 0 Å². The summed E-state index contributed by atoms with van der Waals surface area (Å²) in [5, 5.41) is 0. The van der Waals surface area contributed by atoms with Crippen molar-refractivity contribution >= 4 is 21.4 Å². The summed E-state index contributed by atoms with van der Waals surface area (Å²) >= 11 is 0. The fourth-order valence-corrected chi connectivity index (χ4v) is 4.12. The van der Waals surface area contributed by atoms with Gasteiger partial charge in [-0.3, -0.25) is 4.72 Å². The summed E-state index contributed by atoms with van der Waals surface area (Å²) in [5.41, 5.74) is 1.04. The van der Waals surface area contributed by atoms with Gasteiger partial charge in [0, 0.05) is 13.1 Å². The number of hydrogen-bond donors (Lipinski definition) is 1. The first-order valence-corrected chi connectivity index (χ1v) is 9.28. The van der Waals surface area contributed by atoms with Crippen LogP contribution in [0.5, 0.6) is 0 Å². The Bertz CT molecular complexity index is 814. The first kappa shape index (κ1) is 16.7. The number of rotatable bonds is 4. The largest absolute Gasteiger partial charge is 0.370 e. The van der Waals surface area contributed by atoms with Crippen LogP contribution in [0.25, 0.3) is 0 Å². The van der Waals surface area contributed by atoms with Gasteiger partial charge in [-0.1, -0.05) is 18.2 Å². The average molecular weight is 352 g/mol. The minimum atomic E-state index is -4.36. The highest BCUT2D eigenvalue weighted by Gasteiger charge is 2.25. The Labute approximate surface area is 140 Å². The molecule has 0 radical (unpaired) electrons. The van der Waals surface area contributed by atoms with Gasteiger partial charge in [-0.05, 0) is 43.5 Å². The molecule has 1 aliphatic heterocycles. The zero-order chi connectivity index (χ0) is 17.2. The van der Waals surface area contributed by atoms with Gasteiger partial charge in [-0.2, -0.15) is 0 Å². The van der Waals surface area contributed by atoms with Crippen molar-refractivity contribution in [2.24, 2.45) is 0 Å². The van der Waals surface area contributed by atoms with Crippen LogP contribution < -0.4 is 9.62 Å². The Morgan fingerprint density at radius 2 is 1.50 bits per heavy atom. The fraction of sp³-hybridized carbons (Fsp3) is 0.294. The van der Waals surface area contributed by atoms with Crippen molar-refractivity contribution < 1.29 is 17.2 Å². The third-order valence-corrected chi connectivity index (χ3v) is 5.45. The number of sulfonamides is 1. The second-order valence-corrected chi connectivity index (χ2v) is 7.34. The van der Waals surface area contributed by atoms with E-state index < -0.39 is 26.6 Å². The van der Waals surface area contributed by atoms with Crippen LogP contribution in [-0.2, 0) is 10.0 Å². The minimum absolute atomic E-state index is 0.321. The Morgan fingerprint density at radius 3 is 2.17 bits per heavy atom. The van der Waals surface area contributed by atoms with Gasteiger partial charge < -0.3 is 4.90 Å². The van der Waals surface area contributed by atoms with Gasteiger partial charge in [0.05, 0.1) is 11.4 Å². The van der Waals surface area contributed by atoms with Crippen LogP contribution in [0.15, 0.2) is 47.4 Å². The summed E-state index contributed by atoms with van der Waals surface area (Å²) in [7, 11) is -4.36.